The van der Waals surface area contributed by atoms with Crippen molar-refractivity contribution in [1.29, 1.82) is 0 Å². The number of anilines is 2. The first kappa shape index (κ1) is 17.9. The molecule has 0 aliphatic carbocycles. The van der Waals surface area contributed by atoms with Crippen molar-refractivity contribution in [2.75, 3.05) is 10.6 Å². The fraction of sp³-hybridized carbons (Fsp3) is 0.150. The van der Waals surface area contributed by atoms with Crippen molar-refractivity contribution in [3.63, 3.8) is 0 Å². The van der Waals surface area contributed by atoms with E-state index in [4.69, 9.17) is 11.6 Å². The third-order valence-corrected chi connectivity index (χ3v) is 4.38. The minimum absolute atomic E-state index is 0.283. The van der Waals surface area contributed by atoms with E-state index < -0.39 is 0 Å². The second-order valence-corrected chi connectivity index (χ2v) is 6.38. The van der Waals surface area contributed by atoms with E-state index in [1.165, 1.54) is 5.56 Å². The standard InChI is InChI=1S/C20H19ClN4O/c1-13-6-8-15(9-7-13)12-23-20-22-11-10-18(25-20)19(26)24-17-5-3-4-16(21)14(17)2/h3-11H,12H2,1-2H3,(H,24,26)(H,22,23,25). The van der Waals surface area contributed by atoms with Gasteiger partial charge in [0.25, 0.3) is 5.91 Å². The van der Waals surface area contributed by atoms with Crippen LogP contribution in [0.15, 0.2) is 54.7 Å². The average Bonchev–Trinajstić information content (AvgIpc) is 2.65. The fourth-order valence-corrected chi connectivity index (χ4v) is 2.56. The Hall–Kier alpha value is -2.92. The number of hydrogen-bond acceptors (Lipinski definition) is 4. The van der Waals surface area contributed by atoms with E-state index in [2.05, 4.69) is 32.7 Å². The quantitative estimate of drug-likeness (QED) is 0.691. The Balaban J connectivity index is 1.69. The van der Waals surface area contributed by atoms with Crippen molar-refractivity contribution in [3.05, 3.63) is 82.1 Å². The summed E-state index contributed by atoms with van der Waals surface area (Å²) >= 11 is 6.09. The van der Waals surface area contributed by atoms with Crippen LogP contribution in [-0.2, 0) is 6.54 Å². The Bertz CT molecular complexity index is 925. The van der Waals surface area contributed by atoms with Crippen LogP contribution in [0.2, 0.25) is 5.02 Å². The predicted octanol–water partition coefficient (Wildman–Crippen LogP) is 4.61. The van der Waals surface area contributed by atoms with Gasteiger partial charge in [-0.3, -0.25) is 4.79 Å². The third kappa shape index (κ3) is 4.37. The molecule has 3 rings (SSSR count). The minimum Gasteiger partial charge on any atom is -0.350 e. The summed E-state index contributed by atoms with van der Waals surface area (Å²) in [6.45, 7) is 4.48. The van der Waals surface area contributed by atoms with E-state index in [0.717, 1.165) is 11.1 Å². The molecule has 2 N–H and O–H groups in total. The van der Waals surface area contributed by atoms with Crippen LogP contribution in [-0.4, -0.2) is 15.9 Å². The van der Waals surface area contributed by atoms with Gasteiger partial charge in [-0.05, 0) is 43.2 Å². The van der Waals surface area contributed by atoms with Crippen molar-refractivity contribution in [1.82, 2.24) is 9.97 Å². The second kappa shape index (κ2) is 7.97. The van der Waals surface area contributed by atoms with Crippen LogP contribution >= 0.6 is 11.6 Å². The predicted molar refractivity (Wildman–Crippen MR) is 105 cm³/mol. The van der Waals surface area contributed by atoms with E-state index >= 15 is 0 Å². The topological polar surface area (TPSA) is 66.9 Å². The smallest absolute Gasteiger partial charge is 0.274 e. The van der Waals surface area contributed by atoms with Crippen molar-refractivity contribution in [2.45, 2.75) is 20.4 Å². The van der Waals surface area contributed by atoms with Crippen molar-refractivity contribution < 1.29 is 4.79 Å². The normalized spacial score (nSPS) is 10.4. The molecule has 2 aromatic carbocycles. The Morgan fingerprint density at radius 1 is 1.08 bits per heavy atom. The van der Waals surface area contributed by atoms with Crippen LogP contribution < -0.4 is 10.6 Å². The molecule has 0 bridgehead atoms. The van der Waals surface area contributed by atoms with Crippen molar-refractivity contribution >= 4 is 29.1 Å². The van der Waals surface area contributed by atoms with E-state index in [0.29, 0.717) is 23.2 Å². The molecule has 1 amide bonds. The zero-order valence-electron chi connectivity index (χ0n) is 14.6. The maximum Gasteiger partial charge on any atom is 0.274 e. The Morgan fingerprint density at radius 2 is 1.85 bits per heavy atom. The van der Waals surface area contributed by atoms with E-state index in [1.807, 2.05) is 26.0 Å². The van der Waals surface area contributed by atoms with Crippen LogP contribution in [0.4, 0.5) is 11.6 Å². The summed E-state index contributed by atoms with van der Waals surface area (Å²) in [5, 5.41) is 6.57. The summed E-state index contributed by atoms with van der Waals surface area (Å²) < 4.78 is 0. The summed E-state index contributed by atoms with van der Waals surface area (Å²) in [7, 11) is 0. The molecule has 3 aromatic rings. The molecule has 0 unspecified atom stereocenters. The van der Waals surface area contributed by atoms with Crippen LogP contribution in [0.1, 0.15) is 27.2 Å². The van der Waals surface area contributed by atoms with Crippen LogP contribution in [0.3, 0.4) is 0 Å². The molecule has 0 saturated carbocycles. The lowest BCUT2D eigenvalue weighted by Crippen LogP contribution is -2.16. The first-order chi connectivity index (χ1) is 12.5. The monoisotopic (exact) mass is 366 g/mol. The first-order valence-corrected chi connectivity index (χ1v) is 8.59. The Morgan fingerprint density at radius 3 is 2.62 bits per heavy atom. The summed E-state index contributed by atoms with van der Waals surface area (Å²) in [4.78, 5) is 20.9. The third-order valence-electron chi connectivity index (χ3n) is 3.98. The van der Waals surface area contributed by atoms with Gasteiger partial charge in [0.1, 0.15) is 5.69 Å². The first-order valence-electron chi connectivity index (χ1n) is 8.22. The highest BCUT2D eigenvalue weighted by Gasteiger charge is 2.11. The molecule has 0 fully saturated rings. The molecule has 0 radical (unpaired) electrons. The highest BCUT2D eigenvalue weighted by molar-refractivity contribution is 6.31. The minimum atomic E-state index is -0.309. The molecular weight excluding hydrogens is 348 g/mol. The largest absolute Gasteiger partial charge is 0.350 e. The lowest BCUT2D eigenvalue weighted by atomic mass is 10.1. The van der Waals surface area contributed by atoms with Gasteiger partial charge < -0.3 is 10.6 Å². The molecule has 0 aliphatic heterocycles. The fourth-order valence-electron chi connectivity index (χ4n) is 2.39. The summed E-state index contributed by atoms with van der Waals surface area (Å²) in [6, 6.07) is 15.1. The SMILES string of the molecule is Cc1ccc(CNc2nccc(C(=O)Nc3cccc(Cl)c3C)n2)cc1. The number of halogens is 1. The van der Waals surface area contributed by atoms with E-state index in [1.54, 1.807) is 30.5 Å². The number of aromatic nitrogens is 2. The number of rotatable bonds is 5. The molecule has 1 heterocycles. The van der Waals surface area contributed by atoms with E-state index in [9.17, 15) is 4.79 Å². The summed E-state index contributed by atoms with van der Waals surface area (Å²) in [5.41, 5.74) is 4.08. The van der Waals surface area contributed by atoms with Crippen LogP contribution in [0.25, 0.3) is 0 Å². The molecule has 132 valence electrons. The number of carbonyl (C=O) groups excluding carboxylic acids is 1. The molecule has 0 spiro atoms. The number of nitrogens with one attached hydrogen (secondary N) is 2. The van der Waals surface area contributed by atoms with Gasteiger partial charge in [0.05, 0.1) is 0 Å². The highest BCUT2D eigenvalue weighted by Crippen LogP contribution is 2.23. The van der Waals surface area contributed by atoms with Gasteiger partial charge in [-0.1, -0.05) is 47.5 Å². The lowest BCUT2D eigenvalue weighted by molar-refractivity contribution is 0.102. The molecule has 1 aromatic heterocycles. The lowest BCUT2D eigenvalue weighted by Gasteiger charge is -2.10. The number of benzene rings is 2. The van der Waals surface area contributed by atoms with Crippen molar-refractivity contribution in [2.24, 2.45) is 0 Å². The van der Waals surface area contributed by atoms with Crippen LogP contribution in [0, 0.1) is 13.8 Å². The van der Waals surface area contributed by atoms with Gasteiger partial charge in [-0.15, -0.1) is 0 Å². The molecular formula is C20H19ClN4O. The summed E-state index contributed by atoms with van der Waals surface area (Å²) in [6.07, 6.45) is 1.56. The van der Waals surface area contributed by atoms with Gasteiger partial charge in [0.15, 0.2) is 0 Å². The second-order valence-electron chi connectivity index (χ2n) is 5.97. The van der Waals surface area contributed by atoms with Gasteiger partial charge >= 0.3 is 0 Å². The highest BCUT2D eigenvalue weighted by atomic mass is 35.5. The Labute approximate surface area is 157 Å². The molecule has 6 heteroatoms. The number of carbonyl (C=O) groups is 1. The summed E-state index contributed by atoms with van der Waals surface area (Å²) in [5.74, 6) is 0.0946. The molecule has 5 nitrogen and oxygen atoms in total. The number of amides is 1. The Kier molecular flexibility index (Phi) is 5.49. The van der Waals surface area contributed by atoms with E-state index in [-0.39, 0.29) is 11.6 Å². The molecule has 0 saturated heterocycles. The van der Waals surface area contributed by atoms with Gasteiger partial charge in [-0.2, -0.15) is 0 Å². The molecule has 0 aliphatic rings. The average molecular weight is 367 g/mol. The van der Waals surface area contributed by atoms with Crippen molar-refractivity contribution in [3.8, 4) is 0 Å². The van der Waals surface area contributed by atoms with Gasteiger partial charge in [0.2, 0.25) is 5.95 Å². The number of aryl methyl sites for hydroxylation is 1. The number of hydrogen-bond donors (Lipinski definition) is 2. The van der Waals surface area contributed by atoms with Gasteiger partial charge in [-0.25, -0.2) is 9.97 Å². The zero-order chi connectivity index (χ0) is 18.5. The number of nitrogens with zero attached hydrogens (tertiary/aromatic N) is 2. The van der Waals surface area contributed by atoms with Gasteiger partial charge in [0, 0.05) is 23.5 Å². The molecule has 0 atom stereocenters. The molecule has 26 heavy (non-hydrogen) atoms. The maximum absolute atomic E-state index is 12.5. The van der Waals surface area contributed by atoms with Crippen LogP contribution in [0.5, 0.6) is 0 Å². The maximum atomic E-state index is 12.5. The zero-order valence-corrected chi connectivity index (χ0v) is 15.3.